The second-order valence-electron chi connectivity index (χ2n) is 6.62. The summed E-state index contributed by atoms with van der Waals surface area (Å²) in [6.45, 7) is 7.21. The first-order valence-electron chi connectivity index (χ1n) is 8.98. The zero-order chi connectivity index (χ0) is 19.2. The highest BCUT2D eigenvalue weighted by molar-refractivity contribution is 7.91. The molecule has 0 amide bonds. The van der Waals surface area contributed by atoms with Crippen LogP contribution in [0, 0.1) is 0 Å². The molecule has 0 aromatic heterocycles. The molecule has 0 bridgehead atoms. The summed E-state index contributed by atoms with van der Waals surface area (Å²) in [6, 6.07) is 5.38. The summed E-state index contributed by atoms with van der Waals surface area (Å²) in [5.41, 5.74) is 0. The molecule has 1 saturated heterocycles. The molecule has 9 heteroatoms. The molecule has 1 aliphatic rings. The number of unbranched alkanes of at least 4 members (excludes halogenated alkanes) is 1. The molecular weight excluding hydrogens is 374 g/mol. The molecule has 1 N–H and O–H groups in total. The van der Waals surface area contributed by atoms with E-state index in [1.165, 1.54) is 24.3 Å². The van der Waals surface area contributed by atoms with Crippen LogP contribution in [0.25, 0.3) is 0 Å². The van der Waals surface area contributed by atoms with Gasteiger partial charge >= 0.3 is 0 Å². The quantitative estimate of drug-likeness (QED) is 0.614. The molecule has 148 valence electrons. The normalized spacial score (nSPS) is 17.5. The van der Waals surface area contributed by atoms with E-state index in [0.29, 0.717) is 6.54 Å². The molecule has 0 radical (unpaired) electrons. The minimum absolute atomic E-state index is 0.00927. The summed E-state index contributed by atoms with van der Waals surface area (Å²) in [7, 11) is -4.81. The molecule has 0 aliphatic carbocycles. The third-order valence-corrected chi connectivity index (χ3v) is 7.89. The lowest BCUT2D eigenvalue weighted by Gasteiger charge is -2.32. The highest BCUT2D eigenvalue weighted by atomic mass is 32.2. The lowest BCUT2D eigenvalue weighted by Crippen LogP contribution is -2.44. The number of sulfonamides is 1. The van der Waals surface area contributed by atoms with E-state index in [0.717, 1.165) is 45.6 Å². The van der Waals surface area contributed by atoms with E-state index < -0.39 is 19.9 Å². The molecule has 1 aliphatic heterocycles. The van der Waals surface area contributed by atoms with Crippen molar-refractivity contribution in [3.05, 3.63) is 24.3 Å². The van der Waals surface area contributed by atoms with Gasteiger partial charge in [0.2, 0.25) is 10.0 Å². The first-order chi connectivity index (χ1) is 12.2. The number of likely N-dealkylation sites (N-methyl/N-ethyl adjacent to an activating group) is 1. The molecule has 1 aromatic carbocycles. The second kappa shape index (κ2) is 9.27. The Labute approximate surface area is 157 Å². The van der Waals surface area contributed by atoms with Gasteiger partial charge in [-0.3, -0.25) is 0 Å². The first kappa shape index (κ1) is 21.3. The number of hydrogen-bond donors (Lipinski definition) is 1. The SMILES string of the molecule is CCS(=O)(=O)c1ccc(S(=O)(=O)NCCCCN2CCN(C)CC2)cc1. The Morgan fingerprint density at radius 1 is 0.923 bits per heavy atom. The van der Waals surface area contributed by atoms with Crippen molar-refractivity contribution in [1.29, 1.82) is 0 Å². The van der Waals surface area contributed by atoms with Gasteiger partial charge in [-0.2, -0.15) is 0 Å². The summed E-state index contributed by atoms with van der Waals surface area (Å²) in [5, 5.41) is 0. The van der Waals surface area contributed by atoms with Gasteiger partial charge in [0.25, 0.3) is 0 Å². The van der Waals surface area contributed by atoms with E-state index in [-0.39, 0.29) is 15.5 Å². The summed E-state index contributed by atoms with van der Waals surface area (Å²) >= 11 is 0. The first-order valence-corrected chi connectivity index (χ1v) is 12.1. The van der Waals surface area contributed by atoms with Crippen molar-refractivity contribution < 1.29 is 16.8 Å². The molecule has 1 fully saturated rings. The zero-order valence-corrected chi connectivity index (χ0v) is 17.2. The third kappa shape index (κ3) is 6.02. The molecule has 0 saturated carbocycles. The number of hydrogen-bond acceptors (Lipinski definition) is 6. The molecule has 26 heavy (non-hydrogen) atoms. The van der Waals surface area contributed by atoms with Crippen molar-refractivity contribution in [1.82, 2.24) is 14.5 Å². The fraction of sp³-hybridized carbons (Fsp3) is 0.647. The maximum atomic E-state index is 12.3. The van der Waals surface area contributed by atoms with Gasteiger partial charge < -0.3 is 9.80 Å². The standard InChI is InChI=1S/C17H29N3O4S2/c1-3-25(21,22)16-6-8-17(9-7-16)26(23,24)18-10-4-5-11-20-14-12-19(2)13-15-20/h6-9,18H,3-5,10-15H2,1-2H3. The van der Waals surface area contributed by atoms with Gasteiger partial charge in [0.05, 0.1) is 15.5 Å². The van der Waals surface area contributed by atoms with Crippen LogP contribution in [0.5, 0.6) is 0 Å². The van der Waals surface area contributed by atoms with Crippen LogP contribution in [0.3, 0.4) is 0 Å². The fourth-order valence-corrected chi connectivity index (χ4v) is 4.77. The van der Waals surface area contributed by atoms with E-state index in [2.05, 4.69) is 21.6 Å². The third-order valence-electron chi connectivity index (χ3n) is 4.66. The second-order valence-corrected chi connectivity index (χ2v) is 10.7. The average Bonchev–Trinajstić information content (AvgIpc) is 2.63. The molecule has 1 heterocycles. The van der Waals surface area contributed by atoms with Crippen LogP contribution in [-0.4, -0.2) is 78.7 Å². The van der Waals surface area contributed by atoms with Crippen molar-refractivity contribution in [3.8, 4) is 0 Å². The van der Waals surface area contributed by atoms with E-state index >= 15 is 0 Å². The van der Waals surface area contributed by atoms with Gasteiger partial charge in [-0.05, 0) is 50.7 Å². The van der Waals surface area contributed by atoms with Gasteiger partial charge in [-0.1, -0.05) is 6.92 Å². The smallest absolute Gasteiger partial charge is 0.240 e. The van der Waals surface area contributed by atoms with Crippen molar-refractivity contribution in [2.24, 2.45) is 0 Å². The van der Waals surface area contributed by atoms with Gasteiger partial charge in [0.15, 0.2) is 9.84 Å². The maximum Gasteiger partial charge on any atom is 0.240 e. The molecule has 0 atom stereocenters. The minimum Gasteiger partial charge on any atom is -0.304 e. The number of nitrogens with zero attached hydrogens (tertiary/aromatic N) is 2. The van der Waals surface area contributed by atoms with Crippen molar-refractivity contribution >= 4 is 19.9 Å². The fourth-order valence-electron chi connectivity index (χ4n) is 2.81. The Morgan fingerprint density at radius 3 is 2.08 bits per heavy atom. The molecular formula is C17H29N3O4S2. The number of sulfone groups is 1. The van der Waals surface area contributed by atoms with Gasteiger partial charge in [0, 0.05) is 32.7 Å². The predicted octanol–water partition coefficient (Wildman–Crippen LogP) is 0.786. The minimum atomic E-state index is -3.61. The number of benzene rings is 1. The van der Waals surface area contributed by atoms with E-state index in [9.17, 15) is 16.8 Å². The number of nitrogens with one attached hydrogen (secondary N) is 1. The Hall–Kier alpha value is -1.00. The van der Waals surface area contributed by atoms with Crippen LogP contribution in [0.1, 0.15) is 19.8 Å². The molecule has 7 nitrogen and oxygen atoms in total. The van der Waals surface area contributed by atoms with Gasteiger partial charge in [-0.15, -0.1) is 0 Å². The van der Waals surface area contributed by atoms with E-state index in [1.54, 1.807) is 6.92 Å². The van der Waals surface area contributed by atoms with E-state index in [1.807, 2.05) is 0 Å². The number of piperazine rings is 1. The van der Waals surface area contributed by atoms with Crippen LogP contribution in [0.2, 0.25) is 0 Å². The van der Waals surface area contributed by atoms with Gasteiger partial charge in [-0.25, -0.2) is 21.6 Å². The van der Waals surface area contributed by atoms with E-state index in [4.69, 9.17) is 0 Å². The van der Waals surface area contributed by atoms with Crippen LogP contribution in [-0.2, 0) is 19.9 Å². The van der Waals surface area contributed by atoms with Crippen LogP contribution in [0.15, 0.2) is 34.1 Å². The monoisotopic (exact) mass is 403 g/mol. The molecule has 2 rings (SSSR count). The molecule has 0 unspecified atom stereocenters. The highest BCUT2D eigenvalue weighted by Gasteiger charge is 2.17. The largest absolute Gasteiger partial charge is 0.304 e. The maximum absolute atomic E-state index is 12.3. The lowest BCUT2D eigenvalue weighted by molar-refractivity contribution is 0.152. The van der Waals surface area contributed by atoms with Crippen LogP contribution >= 0.6 is 0 Å². The van der Waals surface area contributed by atoms with Crippen molar-refractivity contribution in [2.45, 2.75) is 29.6 Å². The molecule has 1 aromatic rings. The topological polar surface area (TPSA) is 86.8 Å². The Kier molecular flexibility index (Phi) is 7.60. The van der Waals surface area contributed by atoms with Crippen LogP contribution in [0.4, 0.5) is 0 Å². The average molecular weight is 404 g/mol. The predicted molar refractivity (Wildman–Crippen MR) is 103 cm³/mol. The highest BCUT2D eigenvalue weighted by Crippen LogP contribution is 2.15. The summed E-state index contributed by atoms with van der Waals surface area (Å²) in [4.78, 5) is 4.95. The lowest BCUT2D eigenvalue weighted by atomic mass is 10.2. The summed E-state index contributed by atoms with van der Waals surface area (Å²) < 4.78 is 50.7. The van der Waals surface area contributed by atoms with Gasteiger partial charge in [0.1, 0.15) is 0 Å². The number of rotatable bonds is 9. The Bertz CT molecular complexity index is 769. The van der Waals surface area contributed by atoms with Crippen LogP contribution < -0.4 is 4.72 Å². The van der Waals surface area contributed by atoms with Crippen molar-refractivity contribution in [3.63, 3.8) is 0 Å². The Morgan fingerprint density at radius 2 is 1.50 bits per heavy atom. The Balaban J connectivity index is 1.78. The summed E-state index contributed by atoms with van der Waals surface area (Å²) in [6.07, 6.45) is 1.72. The van der Waals surface area contributed by atoms with Crippen molar-refractivity contribution in [2.75, 3.05) is 52.1 Å². The summed E-state index contributed by atoms with van der Waals surface area (Å²) in [5.74, 6) is -0.00927. The molecule has 0 spiro atoms. The zero-order valence-electron chi connectivity index (χ0n) is 15.5.